The molecule has 0 aliphatic heterocycles. The van der Waals surface area contributed by atoms with Crippen LogP contribution < -0.4 is 5.32 Å². The Bertz CT molecular complexity index is 485. The van der Waals surface area contributed by atoms with E-state index in [1.807, 2.05) is 0 Å². The van der Waals surface area contributed by atoms with Crippen LogP contribution in [0.2, 0.25) is 5.02 Å². The van der Waals surface area contributed by atoms with Crippen molar-refractivity contribution in [2.24, 2.45) is 0 Å². The number of amides is 1. The van der Waals surface area contributed by atoms with E-state index < -0.39 is 5.82 Å². The average molecular weight is 320 g/mol. The van der Waals surface area contributed by atoms with Gasteiger partial charge in [0.25, 0.3) is 0 Å². The van der Waals surface area contributed by atoms with E-state index in [-0.39, 0.29) is 22.7 Å². The number of carbonyl (C=O) groups is 2. The Morgan fingerprint density at radius 2 is 2.20 bits per heavy atom. The van der Waals surface area contributed by atoms with Gasteiger partial charge in [-0.05, 0) is 17.7 Å². The van der Waals surface area contributed by atoms with Crippen LogP contribution in [0.15, 0.2) is 18.2 Å². The third-order valence-electron chi connectivity index (χ3n) is 2.39. The summed E-state index contributed by atoms with van der Waals surface area (Å²) in [5.41, 5.74) is 0.729. The van der Waals surface area contributed by atoms with E-state index in [1.54, 1.807) is 6.07 Å². The van der Waals surface area contributed by atoms with Crippen LogP contribution in [0.25, 0.3) is 0 Å². The number of thioether (sulfide) groups is 1. The summed E-state index contributed by atoms with van der Waals surface area (Å²) in [7, 11) is 1.32. The first-order chi connectivity index (χ1) is 9.52. The molecule has 0 unspecified atom stereocenters. The molecule has 1 rings (SSSR count). The van der Waals surface area contributed by atoms with Gasteiger partial charge in [0.1, 0.15) is 5.82 Å². The van der Waals surface area contributed by atoms with Gasteiger partial charge in [-0.3, -0.25) is 9.59 Å². The summed E-state index contributed by atoms with van der Waals surface area (Å²) in [6.45, 7) is 0.292. The van der Waals surface area contributed by atoms with Gasteiger partial charge in [0.15, 0.2) is 0 Å². The lowest BCUT2D eigenvalue weighted by Gasteiger charge is -2.06. The molecule has 0 saturated heterocycles. The molecule has 0 aliphatic rings. The number of nitrogens with one attached hydrogen (secondary N) is 1. The minimum atomic E-state index is -0.485. The Labute approximate surface area is 126 Å². The minimum Gasteiger partial charge on any atom is -0.468 e. The van der Waals surface area contributed by atoms with Gasteiger partial charge >= 0.3 is 5.97 Å². The first-order valence-electron chi connectivity index (χ1n) is 5.88. The van der Waals surface area contributed by atoms with Crippen LogP contribution >= 0.6 is 23.4 Å². The fourth-order valence-corrected chi connectivity index (χ4v) is 2.28. The number of carbonyl (C=O) groups excluding carboxylic acids is 2. The molecule has 20 heavy (non-hydrogen) atoms. The lowest BCUT2D eigenvalue weighted by molar-refractivity contribution is -0.137. The van der Waals surface area contributed by atoms with E-state index in [4.69, 9.17) is 11.6 Å². The average Bonchev–Trinajstić information content (AvgIpc) is 2.44. The Hall–Kier alpha value is -1.27. The van der Waals surface area contributed by atoms with Crippen molar-refractivity contribution in [3.8, 4) is 0 Å². The fraction of sp³-hybridized carbons (Fsp3) is 0.385. The molecule has 1 aromatic rings. The summed E-state index contributed by atoms with van der Waals surface area (Å²) < 4.78 is 17.4. The maximum absolute atomic E-state index is 12.9. The molecule has 0 atom stereocenters. The summed E-state index contributed by atoms with van der Waals surface area (Å²) in [6.07, 6.45) is 0.302. The first-order valence-corrected chi connectivity index (χ1v) is 7.41. The standard InChI is InChI=1S/C13H15ClFNO3S/c1-19-13(18)8-20-5-4-12(17)16-7-9-2-3-11(15)10(14)6-9/h2-3,6H,4-5,7-8H2,1H3,(H,16,17). The van der Waals surface area contributed by atoms with Crippen molar-refractivity contribution in [1.82, 2.24) is 5.32 Å². The molecule has 1 aromatic carbocycles. The molecule has 1 N–H and O–H groups in total. The first kappa shape index (κ1) is 16.8. The van der Waals surface area contributed by atoms with Gasteiger partial charge < -0.3 is 10.1 Å². The predicted molar refractivity (Wildman–Crippen MR) is 77.2 cm³/mol. The highest BCUT2D eigenvalue weighted by Gasteiger charge is 2.05. The molecule has 0 radical (unpaired) electrons. The van der Waals surface area contributed by atoms with Gasteiger partial charge in [-0.25, -0.2) is 4.39 Å². The number of hydrogen-bond donors (Lipinski definition) is 1. The molecule has 7 heteroatoms. The highest BCUT2D eigenvalue weighted by Crippen LogP contribution is 2.15. The Kier molecular flexibility index (Phi) is 7.40. The number of esters is 1. The van der Waals surface area contributed by atoms with Gasteiger partial charge in [0.05, 0.1) is 17.9 Å². The Balaban J connectivity index is 2.22. The predicted octanol–water partition coefficient (Wildman–Crippen LogP) is 2.39. The third-order valence-corrected chi connectivity index (χ3v) is 3.62. The Morgan fingerprint density at radius 3 is 2.85 bits per heavy atom. The van der Waals surface area contributed by atoms with Gasteiger partial charge in [-0.1, -0.05) is 17.7 Å². The monoisotopic (exact) mass is 319 g/mol. The number of methoxy groups -OCH3 is 1. The summed E-state index contributed by atoms with van der Waals surface area (Å²) in [6, 6.07) is 4.30. The van der Waals surface area contributed by atoms with Crippen molar-refractivity contribution in [2.45, 2.75) is 13.0 Å². The zero-order valence-corrected chi connectivity index (χ0v) is 12.5. The van der Waals surface area contributed by atoms with Crippen LogP contribution in [0.4, 0.5) is 4.39 Å². The van der Waals surface area contributed by atoms with E-state index in [9.17, 15) is 14.0 Å². The summed E-state index contributed by atoms with van der Waals surface area (Å²) in [5, 5.41) is 2.73. The second-order valence-electron chi connectivity index (χ2n) is 3.90. The topological polar surface area (TPSA) is 55.4 Å². The molecular formula is C13H15ClFNO3S. The van der Waals surface area contributed by atoms with Crippen molar-refractivity contribution < 1.29 is 18.7 Å². The van der Waals surface area contributed by atoms with Crippen LogP contribution in [0.5, 0.6) is 0 Å². The molecule has 0 spiro atoms. The van der Waals surface area contributed by atoms with Gasteiger partial charge in [0, 0.05) is 18.7 Å². The van der Waals surface area contributed by atoms with E-state index in [0.29, 0.717) is 18.7 Å². The molecule has 0 fully saturated rings. The zero-order valence-electron chi connectivity index (χ0n) is 10.9. The van der Waals surface area contributed by atoms with E-state index >= 15 is 0 Å². The molecule has 0 aromatic heterocycles. The summed E-state index contributed by atoms with van der Waals surface area (Å²) in [5.74, 6) is -0.164. The molecule has 0 aliphatic carbocycles. The van der Waals surface area contributed by atoms with Crippen molar-refractivity contribution in [3.63, 3.8) is 0 Å². The second-order valence-corrected chi connectivity index (χ2v) is 5.42. The Morgan fingerprint density at radius 1 is 1.45 bits per heavy atom. The van der Waals surface area contributed by atoms with E-state index in [0.717, 1.165) is 5.56 Å². The van der Waals surface area contributed by atoms with Crippen LogP contribution in [-0.4, -0.2) is 30.5 Å². The quantitative estimate of drug-likeness (QED) is 0.619. The smallest absolute Gasteiger partial charge is 0.315 e. The van der Waals surface area contributed by atoms with Crippen molar-refractivity contribution >= 4 is 35.2 Å². The summed E-state index contributed by atoms with van der Waals surface area (Å²) >= 11 is 6.97. The number of halogens is 2. The molecule has 0 bridgehead atoms. The fourth-order valence-electron chi connectivity index (χ4n) is 1.32. The molecule has 1 amide bonds. The number of ether oxygens (including phenoxy) is 1. The molecule has 0 heterocycles. The summed E-state index contributed by atoms with van der Waals surface area (Å²) in [4.78, 5) is 22.4. The van der Waals surface area contributed by atoms with Crippen molar-refractivity contribution in [2.75, 3.05) is 18.6 Å². The molecule has 0 saturated carbocycles. The van der Waals surface area contributed by atoms with Crippen LogP contribution in [0.3, 0.4) is 0 Å². The normalized spacial score (nSPS) is 10.2. The minimum absolute atomic E-state index is 0.0328. The number of rotatable bonds is 7. The van der Waals surface area contributed by atoms with Crippen LogP contribution in [0, 0.1) is 5.82 Å². The van der Waals surface area contributed by atoms with Gasteiger partial charge in [-0.15, -0.1) is 11.8 Å². The maximum Gasteiger partial charge on any atom is 0.315 e. The zero-order chi connectivity index (χ0) is 15.0. The van der Waals surface area contributed by atoms with Gasteiger partial charge in [-0.2, -0.15) is 0 Å². The molecule has 110 valence electrons. The van der Waals surface area contributed by atoms with Gasteiger partial charge in [0.2, 0.25) is 5.91 Å². The molecular weight excluding hydrogens is 305 g/mol. The van der Waals surface area contributed by atoms with Crippen molar-refractivity contribution in [3.05, 3.63) is 34.6 Å². The van der Waals surface area contributed by atoms with Crippen LogP contribution in [-0.2, 0) is 20.9 Å². The highest BCUT2D eigenvalue weighted by atomic mass is 35.5. The van der Waals surface area contributed by atoms with E-state index in [1.165, 1.54) is 31.0 Å². The van der Waals surface area contributed by atoms with Crippen LogP contribution in [0.1, 0.15) is 12.0 Å². The highest BCUT2D eigenvalue weighted by molar-refractivity contribution is 7.99. The largest absolute Gasteiger partial charge is 0.468 e. The third kappa shape index (κ3) is 6.25. The second kappa shape index (κ2) is 8.81. The maximum atomic E-state index is 12.9. The lowest BCUT2D eigenvalue weighted by Crippen LogP contribution is -2.23. The van der Waals surface area contributed by atoms with Crippen molar-refractivity contribution in [1.29, 1.82) is 0 Å². The number of hydrogen-bond acceptors (Lipinski definition) is 4. The number of benzene rings is 1. The van der Waals surface area contributed by atoms with E-state index in [2.05, 4.69) is 10.1 Å². The lowest BCUT2D eigenvalue weighted by atomic mass is 10.2. The SMILES string of the molecule is COC(=O)CSCCC(=O)NCc1ccc(F)c(Cl)c1. The molecule has 4 nitrogen and oxygen atoms in total.